The SMILES string of the molecule is O=C(NCCC=Cc1ccc2[nH]ccc(=O)c2c1)OCC1c2ccccc2-c2ccccc21. The van der Waals surface area contributed by atoms with E-state index in [9.17, 15) is 9.59 Å². The molecule has 3 aromatic carbocycles. The van der Waals surface area contributed by atoms with Crippen molar-refractivity contribution >= 4 is 23.1 Å². The lowest BCUT2D eigenvalue weighted by molar-refractivity contribution is 0.143. The van der Waals surface area contributed by atoms with Crippen molar-refractivity contribution < 1.29 is 9.53 Å². The second kappa shape index (κ2) is 9.17. The lowest BCUT2D eigenvalue weighted by atomic mass is 9.98. The van der Waals surface area contributed by atoms with Gasteiger partial charge in [0.05, 0.1) is 0 Å². The van der Waals surface area contributed by atoms with Gasteiger partial charge in [-0.15, -0.1) is 0 Å². The van der Waals surface area contributed by atoms with Crippen LogP contribution in [-0.4, -0.2) is 24.2 Å². The largest absolute Gasteiger partial charge is 0.449 e. The highest BCUT2D eigenvalue weighted by Crippen LogP contribution is 2.44. The van der Waals surface area contributed by atoms with E-state index >= 15 is 0 Å². The van der Waals surface area contributed by atoms with Crippen LogP contribution in [0.2, 0.25) is 0 Å². The molecule has 4 aromatic rings. The van der Waals surface area contributed by atoms with Gasteiger partial charge in [0.25, 0.3) is 0 Å². The van der Waals surface area contributed by atoms with Crippen molar-refractivity contribution in [3.63, 3.8) is 0 Å². The van der Waals surface area contributed by atoms with Gasteiger partial charge in [-0.3, -0.25) is 4.79 Å². The summed E-state index contributed by atoms with van der Waals surface area (Å²) >= 11 is 0. The summed E-state index contributed by atoms with van der Waals surface area (Å²) in [5.74, 6) is 0.0547. The van der Waals surface area contributed by atoms with Crippen LogP contribution in [0, 0.1) is 0 Å². The zero-order chi connectivity index (χ0) is 22.6. The molecule has 1 heterocycles. The molecule has 164 valence electrons. The summed E-state index contributed by atoms with van der Waals surface area (Å²) in [5.41, 5.74) is 6.57. The molecule has 1 aliphatic rings. The molecule has 5 heteroatoms. The molecule has 33 heavy (non-hydrogen) atoms. The smallest absolute Gasteiger partial charge is 0.407 e. The molecule has 5 rings (SSSR count). The highest BCUT2D eigenvalue weighted by Gasteiger charge is 2.28. The van der Waals surface area contributed by atoms with Crippen molar-refractivity contribution in [2.45, 2.75) is 12.3 Å². The summed E-state index contributed by atoms with van der Waals surface area (Å²) < 4.78 is 5.55. The average molecular weight is 437 g/mol. The van der Waals surface area contributed by atoms with E-state index in [0.717, 1.165) is 11.1 Å². The summed E-state index contributed by atoms with van der Waals surface area (Å²) in [7, 11) is 0. The molecule has 0 atom stereocenters. The van der Waals surface area contributed by atoms with Gasteiger partial charge >= 0.3 is 6.09 Å². The molecule has 0 bridgehead atoms. The second-order valence-electron chi connectivity index (χ2n) is 8.09. The first-order valence-electron chi connectivity index (χ1n) is 11.1. The Kier molecular flexibility index (Phi) is 5.77. The molecule has 0 aliphatic heterocycles. The number of benzene rings is 3. The van der Waals surface area contributed by atoms with E-state index in [4.69, 9.17) is 4.74 Å². The van der Waals surface area contributed by atoms with Crippen molar-refractivity contribution in [3.05, 3.63) is 112 Å². The van der Waals surface area contributed by atoms with Gasteiger partial charge in [-0.25, -0.2) is 4.79 Å². The van der Waals surface area contributed by atoms with Crippen LogP contribution in [0.25, 0.3) is 28.1 Å². The number of hydrogen-bond donors (Lipinski definition) is 2. The summed E-state index contributed by atoms with van der Waals surface area (Å²) in [6.07, 6.45) is 5.82. The standard InChI is InChI=1S/C28H24N2O3/c31-27-14-16-29-26-13-12-19(17-24(26)27)7-5-6-15-30-28(32)33-18-25-22-10-3-1-8-20(22)21-9-2-4-11-23(21)25/h1-5,7-14,16-17,25H,6,15,18H2,(H,29,31)(H,30,32). The highest BCUT2D eigenvalue weighted by molar-refractivity contribution is 5.81. The summed E-state index contributed by atoms with van der Waals surface area (Å²) in [4.78, 5) is 27.3. The van der Waals surface area contributed by atoms with Crippen molar-refractivity contribution in [2.75, 3.05) is 13.2 Å². The molecule has 1 aliphatic carbocycles. The normalized spacial score (nSPS) is 12.6. The van der Waals surface area contributed by atoms with Gasteiger partial charge in [0, 0.05) is 35.6 Å². The Balaban J connectivity index is 1.13. The first-order chi connectivity index (χ1) is 16.2. The quantitative estimate of drug-likeness (QED) is 0.394. The minimum Gasteiger partial charge on any atom is -0.449 e. The Labute approximate surface area is 191 Å². The van der Waals surface area contributed by atoms with E-state index in [2.05, 4.69) is 34.6 Å². The first kappa shape index (κ1) is 20.8. The van der Waals surface area contributed by atoms with Crippen LogP contribution < -0.4 is 10.7 Å². The summed E-state index contributed by atoms with van der Waals surface area (Å²) in [6, 6.07) is 23.8. The van der Waals surface area contributed by atoms with Crippen molar-refractivity contribution in [2.24, 2.45) is 0 Å². The topological polar surface area (TPSA) is 71.2 Å². The van der Waals surface area contributed by atoms with Crippen LogP contribution in [-0.2, 0) is 4.74 Å². The van der Waals surface area contributed by atoms with E-state index in [1.807, 2.05) is 54.6 Å². The van der Waals surface area contributed by atoms with E-state index in [1.165, 1.54) is 28.3 Å². The van der Waals surface area contributed by atoms with Crippen LogP contribution in [0.1, 0.15) is 29.0 Å². The fraction of sp³-hybridized carbons (Fsp3) is 0.143. The lowest BCUT2D eigenvalue weighted by Crippen LogP contribution is -2.26. The molecule has 1 amide bonds. The van der Waals surface area contributed by atoms with Gasteiger partial charge < -0.3 is 15.0 Å². The van der Waals surface area contributed by atoms with Crippen LogP contribution in [0.15, 0.2) is 89.9 Å². The third-order valence-electron chi connectivity index (χ3n) is 6.02. The van der Waals surface area contributed by atoms with Crippen molar-refractivity contribution in [1.82, 2.24) is 10.3 Å². The highest BCUT2D eigenvalue weighted by atomic mass is 16.5. The average Bonchev–Trinajstić information content (AvgIpc) is 3.17. The van der Waals surface area contributed by atoms with Crippen LogP contribution in [0.4, 0.5) is 4.79 Å². The van der Waals surface area contributed by atoms with Crippen LogP contribution >= 0.6 is 0 Å². The number of H-pyrrole nitrogens is 1. The molecule has 0 saturated heterocycles. The van der Waals surface area contributed by atoms with Gasteiger partial charge in [0.1, 0.15) is 6.61 Å². The van der Waals surface area contributed by atoms with E-state index in [-0.39, 0.29) is 11.3 Å². The number of amides is 1. The molecule has 1 aromatic heterocycles. The number of hydrogen-bond acceptors (Lipinski definition) is 3. The molecule has 5 nitrogen and oxygen atoms in total. The zero-order valence-electron chi connectivity index (χ0n) is 18.1. The van der Waals surface area contributed by atoms with Gasteiger partial charge in [0.15, 0.2) is 5.43 Å². The number of ether oxygens (including phenoxy) is 1. The summed E-state index contributed by atoms with van der Waals surface area (Å²) in [5, 5.41) is 3.48. The Morgan fingerprint density at radius 1 is 0.970 bits per heavy atom. The third kappa shape index (κ3) is 4.30. The number of rotatable bonds is 6. The third-order valence-corrected chi connectivity index (χ3v) is 6.02. The number of nitrogens with one attached hydrogen (secondary N) is 2. The number of alkyl carbamates (subject to hydrolysis) is 1. The van der Waals surface area contributed by atoms with Crippen LogP contribution in [0.5, 0.6) is 0 Å². The maximum Gasteiger partial charge on any atom is 0.407 e. The molecule has 0 spiro atoms. The maximum atomic E-state index is 12.2. The molecule has 0 saturated carbocycles. The Bertz CT molecular complexity index is 1360. The Hall–Kier alpha value is -4.12. The van der Waals surface area contributed by atoms with Gasteiger partial charge in [-0.2, -0.15) is 0 Å². The fourth-order valence-corrected chi connectivity index (χ4v) is 4.42. The predicted molar refractivity (Wildman–Crippen MR) is 131 cm³/mol. The number of carbonyl (C=O) groups is 1. The zero-order valence-corrected chi connectivity index (χ0v) is 18.1. The van der Waals surface area contributed by atoms with Crippen molar-refractivity contribution in [1.29, 1.82) is 0 Å². The van der Waals surface area contributed by atoms with E-state index in [1.54, 1.807) is 6.20 Å². The van der Waals surface area contributed by atoms with Crippen LogP contribution in [0.3, 0.4) is 0 Å². The Morgan fingerprint density at radius 3 is 2.45 bits per heavy atom. The molecule has 0 unspecified atom stereocenters. The van der Waals surface area contributed by atoms with Gasteiger partial charge in [0.2, 0.25) is 0 Å². The van der Waals surface area contributed by atoms with Gasteiger partial charge in [-0.05, 0) is 46.4 Å². The molecular weight excluding hydrogens is 412 g/mol. The number of aromatic amines is 1. The minimum absolute atomic E-state index is 0.00378. The van der Waals surface area contributed by atoms with E-state index in [0.29, 0.717) is 25.0 Å². The maximum absolute atomic E-state index is 12.2. The minimum atomic E-state index is -0.414. The summed E-state index contributed by atoms with van der Waals surface area (Å²) in [6.45, 7) is 0.780. The molecular formula is C28H24N2O3. The second-order valence-corrected chi connectivity index (χ2v) is 8.09. The molecule has 0 fully saturated rings. The van der Waals surface area contributed by atoms with Gasteiger partial charge in [-0.1, -0.05) is 66.7 Å². The number of fused-ring (bicyclic) bond motifs is 4. The fourth-order valence-electron chi connectivity index (χ4n) is 4.42. The lowest BCUT2D eigenvalue weighted by Gasteiger charge is -2.14. The van der Waals surface area contributed by atoms with E-state index < -0.39 is 6.09 Å². The number of aromatic nitrogens is 1. The predicted octanol–water partition coefficient (Wildman–Crippen LogP) is 5.47. The van der Waals surface area contributed by atoms with Crippen molar-refractivity contribution in [3.8, 4) is 11.1 Å². The number of pyridine rings is 1. The first-order valence-corrected chi connectivity index (χ1v) is 11.1. The Morgan fingerprint density at radius 2 is 1.70 bits per heavy atom. The molecule has 2 N–H and O–H groups in total. The molecule has 0 radical (unpaired) electrons. The monoisotopic (exact) mass is 436 g/mol. The number of carbonyl (C=O) groups excluding carboxylic acids is 1.